The van der Waals surface area contributed by atoms with Gasteiger partial charge in [0, 0.05) is 27.7 Å². The first-order valence-electron chi connectivity index (χ1n) is 13.5. The molecule has 0 N–H and O–H groups in total. The molecule has 3 heteroatoms. The number of aromatic nitrogens is 1. The van der Waals surface area contributed by atoms with Crippen LogP contribution in [0, 0.1) is 0 Å². The lowest BCUT2D eigenvalue weighted by molar-refractivity contribution is 0.669. The second-order valence-corrected chi connectivity index (χ2v) is 10.1. The molecule has 0 spiro atoms. The highest BCUT2D eigenvalue weighted by molar-refractivity contribution is 6.16. The molecule has 3 nitrogen and oxygen atoms in total. The minimum absolute atomic E-state index is 0.909. The Hall–Kier alpha value is -5.41. The van der Waals surface area contributed by atoms with E-state index in [0.717, 1.165) is 50.3 Å². The van der Waals surface area contributed by atoms with Gasteiger partial charge in [-0.2, -0.15) is 0 Å². The van der Waals surface area contributed by atoms with Gasteiger partial charge in [0.25, 0.3) is 0 Å². The van der Waals surface area contributed by atoms with Gasteiger partial charge in [0.1, 0.15) is 11.2 Å². The zero-order chi connectivity index (χ0) is 26.5. The van der Waals surface area contributed by atoms with E-state index < -0.39 is 0 Å². The molecule has 0 saturated carbocycles. The summed E-state index contributed by atoms with van der Waals surface area (Å²) in [6.07, 6.45) is 1.96. The number of nitrogens with zero attached hydrogens (tertiary/aromatic N) is 2. The quantitative estimate of drug-likeness (QED) is 0.220. The molecule has 0 unspecified atom stereocenters. The maximum absolute atomic E-state index is 6.25. The van der Waals surface area contributed by atoms with Gasteiger partial charge < -0.3 is 9.32 Å². The van der Waals surface area contributed by atoms with Gasteiger partial charge in [0.15, 0.2) is 0 Å². The van der Waals surface area contributed by atoms with Crippen LogP contribution in [0.2, 0.25) is 0 Å². The van der Waals surface area contributed by atoms with Crippen molar-refractivity contribution in [3.05, 3.63) is 146 Å². The number of benzene rings is 6. The van der Waals surface area contributed by atoms with Gasteiger partial charge >= 0.3 is 0 Å². The van der Waals surface area contributed by atoms with E-state index in [-0.39, 0.29) is 0 Å². The third-order valence-corrected chi connectivity index (χ3v) is 7.67. The lowest BCUT2D eigenvalue weighted by Gasteiger charge is -2.25. The standard InChI is InChI=1S/C37H24N2O/c1-3-9-26(10-4-1)35-20-19-30(24-38-35)39(28-11-5-2-6-12-28)29-18-17-25-15-16-27-21-34-31-13-7-8-14-36(31)40-37(34)23-33(27)32(25)22-29/h1-24H. The van der Waals surface area contributed by atoms with Crippen molar-refractivity contribution < 1.29 is 4.42 Å². The lowest BCUT2D eigenvalue weighted by Crippen LogP contribution is -2.10. The van der Waals surface area contributed by atoms with Crippen molar-refractivity contribution in [2.75, 3.05) is 4.90 Å². The van der Waals surface area contributed by atoms with Crippen molar-refractivity contribution in [3.8, 4) is 11.3 Å². The zero-order valence-corrected chi connectivity index (χ0v) is 21.7. The van der Waals surface area contributed by atoms with Crippen molar-refractivity contribution in [3.63, 3.8) is 0 Å². The number of furan rings is 1. The maximum Gasteiger partial charge on any atom is 0.136 e. The molecule has 0 atom stereocenters. The molecule has 0 aliphatic carbocycles. The number of anilines is 3. The molecule has 2 heterocycles. The van der Waals surface area contributed by atoms with Crippen molar-refractivity contribution in [2.24, 2.45) is 0 Å². The van der Waals surface area contributed by atoms with E-state index in [2.05, 4.69) is 108 Å². The Labute approximate surface area is 231 Å². The molecular formula is C37H24N2O. The highest BCUT2D eigenvalue weighted by atomic mass is 16.3. The lowest BCUT2D eigenvalue weighted by atomic mass is 9.99. The Kier molecular flexibility index (Phi) is 5.14. The highest BCUT2D eigenvalue weighted by Crippen LogP contribution is 2.39. The molecular weight excluding hydrogens is 488 g/mol. The molecule has 0 radical (unpaired) electrons. The fraction of sp³-hybridized carbons (Fsp3) is 0. The summed E-state index contributed by atoms with van der Waals surface area (Å²) in [6, 6.07) is 48.8. The van der Waals surface area contributed by atoms with Crippen LogP contribution < -0.4 is 4.90 Å². The second-order valence-electron chi connectivity index (χ2n) is 10.1. The van der Waals surface area contributed by atoms with Gasteiger partial charge in [-0.25, -0.2) is 0 Å². The van der Waals surface area contributed by atoms with Crippen molar-refractivity contribution in [1.82, 2.24) is 4.98 Å². The van der Waals surface area contributed by atoms with Crippen LogP contribution >= 0.6 is 0 Å². The number of hydrogen-bond donors (Lipinski definition) is 0. The first-order chi connectivity index (χ1) is 19.8. The fourth-order valence-corrected chi connectivity index (χ4v) is 5.72. The van der Waals surface area contributed by atoms with E-state index in [1.54, 1.807) is 0 Å². The molecule has 8 aromatic rings. The predicted molar refractivity (Wildman–Crippen MR) is 167 cm³/mol. The third kappa shape index (κ3) is 3.71. The smallest absolute Gasteiger partial charge is 0.136 e. The molecule has 0 bridgehead atoms. The summed E-state index contributed by atoms with van der Waals surface area (Å²) in [7, 11) is 0. The van der Waals surface area contributed by atoms with Crippen LogP contribution in [-0.4, -0.2) is 4.98 Å². The minimum Gasteiger partial charge on any atom is -0.456 e. The van der Waals surface area contributed by atoms with Crippen LogP contribution in [-0.2, 0) is 0 Å². The molecule has 2 aromatic heterocycles. The maximum atomic E-state index is 6.25. The molecule has 0 fully saturated rings. The van der Waals surface area contributed by atoms with Gasteiger partial charge in [-0.05, 0) is 76.1 Å². The summed E-state index contributed by atoms with van der Waals surface area (Å²) in [5, 5.41) is 7.05. The Bertz CT molecular complexity index is 2150. The zero-order valence-electron chi connectivity index (χ0n) is 21.7. The van der Waals surface area contributed by atoms with E-state index in [4.69, 9.17) is 9.40 Å². The molecule has 0 amide bonds. The summed E-state index contributed by atoms with van der Waals surface area (Å²) >= 11 is 0. The monoisotopic (exact) mass is 512 g/mol. The Morgan fingerprint density at radius 3 is 1.98 bits per heavy atom. The van der Waals surface area contributed by atoms with Crippen LogP contribution in [0.25, 0.3) is 54.7 Å². The molecule has 188 valence electrons. The van der Waals surface area contributed by atoms with E-state index in [0.29, 0.717) is 0 Å². The minimum atomic E-state index is 0.909. The van der Waals surface area contributed by atoms with E-state index >= 15 is 0 Å². The van der Waals surface area contributed by atoms with E-state index in [1.165, 1.54) is 21.5 Å². The van der Waals surface area contributed by atoms with Gasteiger partial charge in [-0.15, -0.1) is 0 Å². The van der Waals surface area contributed by atoms with Gasteiger partial charge in [-0.3, -0.25) is 4.98 Å². The number of pyridine rings is 1. The molecule has 0 aliphatic rings. The summed E-state index contributed by atoms with van der Waals surface area (Å²) < 4.78 is 6.25. The summed E-state index contributed by atoms with van der Waals surface area (Å²) in [4.78, 5) is 7.10. The number of rotatable bonds is 4. The molecule has 8 rings (SSSR count). The van der Waals surface area contributed by atoms with Gasteiger partial charge in [-0.1, -0.05) is 84.9 Å². The molecule has 0 aliphatic heterocycles. The summed E-state index contributed by atoms with van der Waals surface area (Å²) in [5.41, 5.74) is 7.05. The average Bonchev–Trinajstić information content (AvgIpc) is 3.39. The number of fused-ring (bicyclic) bond motifs is 6. The third-order valence-electron chi connectivity index (χ3n) is 7.67. The highest BCUT2D eigenvalue weighted by Gasteiger charge is 2.15. The SMILES string of the molecule is c1ccc(-c2ccc(N(c3ccccc3)c3ccc4ccc5cc6c(cc5c4c3)oc3ccccc36)cn2)cc1. The van der Waals surface area contributed by atoms with E-state index in [9.17, 15) is 0 Å². The van der Waals surface area contributed by atoms with Crippen molar-refractivity contribution in [1.29, 1.82) is 0 Å². The van der Waals surface area contributed by atoms with Crippen molar-refractivity contribution in [2.45, 2.75) is 0 Å². The Balaban J connectivity index is 1.31. The van der Waals surface area contributed by atoms with Crippen LogP contribution in [0.4, 0.5) is 17.1 Å². The Morgan fingerprint density at radius 1 is 0.450 bits per heavy atom. The normalized spacial score (nSPS) is 11.5. The van der Waals surface area contributed by atoms with Crippen LogP contribution in [0.1, 0.15) is 0 Å². The molecule has 0 saturated heterocycles. The average molecular weight is 513 g/mol. The van der Waals surface area contributed by atoms with Crippen LogP contribution in [0.5, 0.6) is 0 Å². The first kappa shape index (κ1) is 22.6. The number of hydrogen-bond acceptors (Lipinski definition) is 3. The van der Waals surface area contributed by atoms with Crippen LogP contribution in [0.15, 0.2) is 150 Å². The fourth-order valence-electron chi connectivity index (χ4n) is 5.72. The summed E-state index contributed by atoms with van der Waals surface area (Å²) in [6.45, 7) is 0. The van der Waals surface area contributed by atoms with Crippen LogP contribution in [0.3, 0.4) is 0 Å². The van der Waals surface area contributed by atoms with Crippen molar-refractivity contribution >= 4 is 60.5 Å². The second kappa shape index (κ2) is 9.11. The summed E-state index contributed by atoms with van der Waals surface area (Å²) in [5.74, 6) is 0. The Morgan fingerprint density at radius 2 is 1.15 bits per heavy atom. The van der Waals surface area contributed by atoms with E-state index in [1.807, 2.05) is 42.6 Å². The molecule has 40 heavy (non-hydrogen) atoms. The van der Waals surface area contributed by atoms with Gasteiger partial charge in [0.05, 0.1) is 17.6 Å². The largest absolute Gasteiger partial charge is 0.456 e. The predicted octanol–water partition coefficient (Wildman–Crippen LogP) is 10.4. The number of para-hydroxylation sites is 2. The first-order valence-corrected chi connectivity index (χ1v) is 13.5. The van der Waals surface area contributed by atoms with Gasteiger partial charge in [0.2, 0.25) is 0 Å². The molecule has 6 aromatic carbocycles. The topological polar surface area (TPSA) is 29.3 Å².